The lowest BCUT2D eigenvalue weighted by atomic mass is 9.77. The summed E-state index contributed by atoms with van der Waals surface area (Å²) in [7, 11) is 0. The predicted molar refractivity (Wildman–Crippen MR) is 55.6 cm³/mol. The minimum atomic E-state index is -1.18. The smallest absolute Gasteiger partial charge is 0.229 e. The number of ether oxygens (including phenoxy) is 1. The molecule has 5 heteroatoms. The quantitative estimate of drug-likeness (QED) is 0.585. The van der Waals surface area contributed by atoms with Crippen LogP contribution in [-0.2, 0) is 14.3 Å². The van der Waals surface area contributed by atoms with Crippen molar-refractivity contribution in [3.63, 3.8) is 0 Å². The van der Waals surface area contributed by atoms with E-state index in [2.05, 4.69) is 0 Å². The summed E-state index contributed by atoms with van der Waals surface area (Å²) in [6, 6.07) is 0. The van der Waals surface area contributed by atoms with Crippen LogP contribution in [0.2, 0.25) is 0 Å². The number of hydrogen-bond donors (Lipinski definition) is 0. The van der Waals surface area contributed by atoms with E-state index in [9.17, 15) is 14.7 Å². The topological polar surface area (TPSA) is 69.7 Å². The summed E-state index contributed by atoms with van der Waals surface area (Å²) < 4.78 is 5.71. The molecule has 1 spiro atoms. The van der Waals surface area contributed by atoms with Gasteiger partial charge >= 0.3 is 0 Å². The Hall–Kier alpha value is -1.36. The van der Waals surface area contributed by atoms with Gasteiger partial charge in [-0.2, -0.15) is 0 Å². The van der Waals surface area contributed by atoms with Gasteiger partial charge in [-0.05, 0) is 6.42 Å². The van der Waals surface area contributed by atoms with E-state index in [0.29, 0.717) is 13.1 Å². The second kappa shape index (κ2) is 3.32. The van der Waals surface area contributed by atoms with Gasteiger partial charge in [-0.1, -0.05) is 19.1 Å². The standard InChI is InChI=1S/C12H15NO4/c1-2-5-13-6-12-4-3-7(17-12)8(11(15)16)9(12)10(13)14/h3-4,7-9H,2,5-6H2,1H3,(H,15,16)/p-1/t7-,8-,9+,12-/m0/s1. The van der Waals surface area contributed by atoms with Crippen LogP contribution in [0.25, 0.3) is 0 Å². The van der Waals surface area contributed by atoms with E-state index in [1.54, 1.807) is 11.0 Å². The first kappa shape index (κ1) is 10.8. The van der Waals surface area contributed by atoms with Crippen molar-refractivity contribution >= 4 is 11.9 Å². The molecular formula is C12H14NO4-. The van der Waals surface area contributed by atoms with E-state index < -0.39 is 29.5 Å². The van der Waals surface area contributed by atoms with Gasteiger partial charge in [0, 0.05) is 18.4 Å². The molecule has 2 bridgehead atoms. The molecule has 2 saturated heterocycles. The molecule has 2 fully saturated rings. The van der Waals surface area contributed by atoms with Crippen molar-refractivity contribution < 1.29 is 19.4 Å². The molecule has 0 saturated carbocycles. The second-order valence-corrected chi connectivity index (χ2v) is 4.98. The van der Waals surface area contributed by atoms with Crippen LogP contribution >= 0.6 is 0 Å². The minimum absolute atomic E-state index is 0.104. The maximum absolute atomic E-state index is 12.2. The fourth-order valence-electron chi connectivity index (χ4n) is 3.31. The van der Waals surface area contributed by atoms with Crippen LogP contribution in [-0.4, -0.2) is 41.6 Å². The highest BCUT2D eigenvalue weighted by Gasteiger charge is 2.65. The van der Waals surface area contributed by atoms with Crippen LogP contribution in [0.4, 0.5) is 0 Å². The van der Waals surface area contributed by atoms with Crippen LogP contribution < -0.4 is 5.11 Å². The maximum Gasteiger partial charge on any atom is 0.229 e. The number of amides is 1. The molecule has 0 aromatic rings. The van der Waals surface area contributed by atoms with E-state index in [0.717, 1.165) is 6.42 Å². The fraction of sp³-hybridized carbons (Fsp3) is 0.667. The summed E-state index contributed by atoms with van der Waals surface area (Å²) in [6.07, 6.45) is 3.98. The third-order valence-corrected chi connectivity index (χ3v) is 3.94. The Morgan fingerprint density at radius 3 is 3.12 bits per heavy atom. The number of carbonyl (C=O) groups is 2. The van der Waals surface area contributed by atoms with Crippen LogP contribution in [0, 0.1) is 11.8 Å². The molecule has 3 heterocycles. The Morgan fingerprint density at radius 2 is 2.47 bits per heavy atom. The lowest BCUT2D eigenvalue weighted by Gasteiger charge is -2.24. The highest BCUT2D eigenvalue weighted by molar-refractivity contribution is 5.90. The molecule has 3 rings (SSSR count). The highest BCUT2D eigenvalue weighted by Crippen LogP contribution is 2.51. The molecular weight excluding hydrogens is 222 g/mol. The molecule has 1 amide bonds. The molecule has 4 atom stereocenters. The van der Waals surface area contributed by atoms with Crippen molar-refractivity contribution in [2.45, 2.75) is 25.0 Å². The third kappa shape index (κ3) is 1.23. The molecule has 0 aromatic carbocycles. The summed E-state index contributed by atoms with van der Waals surface area (Å²) in [5.41, 5.74) is -0.707. The Labute approximate surface area is 99.0 Å². The van der Waals surface area contributed by atoms with Gasteiger partial charge in [-0.15, -0.1) is 0 Å². The van der Waals surface area contributed by atoms with E-state index in [1.165, 1.54) is 0 Å². The lowest BCUT2D eigenvalue weighted by molar-refractivity contribution is -0.313. The van der Waals surface area contributed by atoms with Crippen molar-refractivity contribution in [2.24, 2.45) is 11.8 Å². The van der Waals surface area contributed by atoms with Gasteiger partial charge in [0.15, 0.2) is 0 Å². The van der Waals surface area contributed by atoms with Crippen molar-refractivity contribution in [1.29, 1.82) is 0 Å². The number of fused-ring (bicyclic) bond motifs is 1. The number of aliphatic carboxylic acids is 1. The average Bonchev–Trinajstić information content (AvgIpc) is 2.88. The van der Waals surface area contributed by atoms with Gasteiger partial charge in [-0.25, -0.2) is 0 Å². The van der Waals surface area contributed by atoms with E-state index in [1.807, 2.05) is 13.0 Å². The molecule has 0 aromatic heterocycles. The summed E-state index contributed by atoms with van der Waals surface area (Å²) in [4.78, 5) is 25.0. The number of hydrogen-bond acceptors (Lipinski definition) is 4. The first-order chi connectivity index (χ1) is 8.09. The zero-order chi connectivity index (χ0) is 12.2. The first-order valence-corrected chi connectivity index (χ1v) is 5.96. The molecule has 0 unspecified atom stereocenters. The van der Waals surface area contributed by atoms with E-state index in [4.69, 9.17) is 4.74 Å². The predicted octanol–water partition coefficient (Wildman–Crippen LogP) is -1.07. The zero-order valence-corrected chi connectivity index (χ0v) is 9.59. The van der Waals surface area contributed by atoms with Gasteiger partial charge in [-0.3, -0.25) is 4.79 Å². The van der Waals surface area contributed by atoms with E-state index >= 15 is 0 Å². The molecule has 17 heavy (non-hydrogen) atoms. The summed E-state index contributed by atoms with van der Waals surface area (Å²) in [5, 5.41) is 11.1. The normalized spacial score (nSPS) is 42.3. The maximum atomic E-state index is 12.2. The number of nitrogens with zero attached hydrogens (tertiary/aromatic N) is 1. The summed E-state index contributed by atoms with van der Waals surface area (Å²) >= 11 is 0. The number of carbonyl (C=O) groups excluding carboxylic acids is 2. The Kier molecular flexibility index (Phi) is 2.10. The van der Waals surface area contributed by atoms with Gasteiger partial charge in [0.1, 0.15) is 5.60 Å². The minimum Gasteiger partial charge on any atom is -0.550 e. The van der Waals surface area contributed by atoms with E-state index in [-0.39, 0.29) is 5.91 Å². The highest BCUT2D eigenvalue weighted by atomic mass is 16.5. The molecule has 0 radical (unpaired) electrons. The Morgan fingerprint density at radius 1 is 1.71 bits per heavy atom. The first-order valence-electron chi connectivity index (χ1n) is 5.96. The molecule has 5 nitrogen and oxygen atoms in total. The van der Waals surface area contributed by atoms with Crippen molar-refractivity contribution in [2.75, 3.05) is 13.1 Å². The summed E-state index contributed by atoms with van der Waals surface area (Å²) in [6.45, 7) is 3.11. The number of rotatable bonds is 3. The molecule has 3 aliphatic heterocycles. The Balaban J connectivity index is 1.96. The zero-order valence-electron chi connectivity index (χ0n) is 9.59. The van der Waals surface area contributed by atoms with Crippen molar-refractivity contribution in [3.8, 4) is 0 Å². The van der Waals surface area contributed by atoms with Crippen LogP contribution in [0.15, 0.2) is 12.2 Å². The van der Waals surface area contributed by atoms with Crippen molar-refractivity contribution in [1.82, 2.24) is 4.90 Å². The fourth-order valence-corrected chi connectivity index (χ4v) is 3.31. The number of carboxylic acids is 1. The lowest BCUT2D eigenvalue weighted by Crippen LogP contribution is -2.45. The molecule has 0 aliphatic carbocycles. The van der Waals surface area contributed by atoms with Gasteiger partial charge in [0.2, 0.25) is 5.91 Å². The SMILES string of the molecule is CCCN1C[C@]23C=C[C@H](O2)[C@H](C(=O)[O-])[C@@H]3C1=O. The van der Waals surface area contributed by atoms with Crippen molar-refractivity contribution in [3.05, 3.63) is 12.2 Å². The average molecular weight is 236 g/mol. The van der Waals surface area contributed by atoms with Gasteiger partial charge < -0.3 is 19.5 Å². The third-order valence-electron chi connectivity index (χ3n) is 3.94. The number of likely N-dealkylation sites (tertiary alicyclic amines) is 1. The van der Waals surface area contributed by atoms with Crippen LogP contribution in [0.1, 0.15) is 13.3 Å². The second-order valence-electron chi connectivity index (χ2n) is 4.98. The molecule has 3 aliphatic rings. The largest absolute Gasteiger partial charge is 0.550 e. The molecule has 0 N–H and O–H groups in total. The van der Waals surface area contributed by atoms with Crippen LogP contribution in [0.3, 0.4) is 0 Å². The summed E-state index contributed by atoms with van der Waals surface area (Å²) in [5.74, 6) is -2.70. The Bertz CT molecular complexity index is 419. The van der Waals surface area contributed by atoms with Gasteiger partial charge in [0.25, 0.3) is 0 Å². The van der Waals surface area contributed by atoms with Gasteiger partial charge in [0.05, 0.1) is 18.6 Å². The molecule has 92 valence electrons. The number of carboxylic acid groups (broad SMARTS) is 1. The monoisotopic (exact) mass is 236 g/mol. The van der Waals surface area contributed by atoms with Crippen LogP contribution in [0.5, 0.6) is 0 Å².